The van der Waals surface area contributed by atoms with Gasteiger partial charge in [0.2, 0.25) is 0 Å². The number of amidine groups is 1. The van der Waals surface area contributed by atoms with Gasteiger partial charge in [-0.25, -0.2) is 4.98 Å². The van der Waals surface area contributed by atoms with Gasteiger partial charge in [0.05, 0.1) is 11.4 Å². The van der Waals surface area contributed by atoms with Gasteiger partial charge in [-0.1, -0.05) is 12.8 Å². The van der Waals surface area contributed by atoms with Crippen LogP contribution < -0.4 is 5.32 Å². The zero-order valence-corrected chi connectivity index (χ0v) is 13.5. The van der Waals surface area contributed by atoms with Crippen molar-refractivity contribution in [2.75, 3.05) is 6.54 Å². The summed E-state index contributed by atoms with van der Waals surface area (Å²) < 4.78 is 0. The highest BCUT2D eigenvalue weighted by atomic mass is 32.1. The van der Waals surface area contributed by atoms with Crippen molar-refractivity contribution in [2.24, 2.45) is 10.9 Å². The zero-order valence-electron chi connectivity index (χ0n) is 12.7. The first-order chi connectivity index (χ1) is 10.2. The van der Waals surface area contributed by atoms with E-state index in [0.717, 1.165) is 30.5 Å². The Labute approximate surface area is 129 Å². The summed E-state index contributed by atoms with van der Waals surface area (Å²) in [5.41, 5.74) is 3.83. The van der Waals surface area contributed by atoms with E-state index < -0.39 is 0 Å². The highest BCUT2D eigenvalue weighted by Crippen LogP contribution is 2.36. The number of aliphatic imine (C=N–C) groups is 1. The number of fused-ring (bicyclic) bond motifs is 3. The van der Waals surface area contributed by atoms with Crippen LogP contribution in [0.25, 0.3) is 10.2 Å². The van der Waals surface area contributed by atoms with Crippen molar-refractivity contribution in [1.29, 1.82) is 0 Å². The molecule has 0 bridgehead atoms. The molecule has 0 unspecified atom stereocenters. The zero-order chi connectivity index (χ0) is 14.4. The minimum absolute atomic E-state index is 0.813. The molecule has 2 aromatic heterocycles. The average Bonchev–Trinajstić information content (AvgIpc) is 3.11. The molecule has 3 heterocycles. The van der Waals surface area contributed by atoms with Crippen molar-refractivity contribution in [3.8, 4) is 0 Å². The number of aromatic nitrogens is 1. The summed E-state index contributed by atoms with van der Waals surface area (Å²) in [7, 11) is 0. The van der Waals surface area contributed by atoms with Crippen molar-refractivity contribution in [1.82, 2.24) is 10.3 Å². The molecule has 2 aliphatic rings. The number of hydrogen-bond acceptors (Lipinski definition) is 4. The Balaban J connectivity index is 1.62. The predicted molar refractivity (Wildman–Crippen MR) is 89.3 cm³/mol. The van der Waals surface area contributed by atoms with Crippen LogP contribution in [-0.4, -0.2) is 17.4 Å². The molecule has 0 aromatic carbocycles. The number of aryl methyl sites for hydroxylation is 2. The fourth-order valence-corrected chi connectivity index (χ4v) is 4.97. The maximum Gasteiger partial charge on any atom is 0.139 e. The van der Waals surface area contributed by atoms with E-state index in [1.54, 1.807) is 11.3 Å². The number of hydrogen-bond donors (Lipinski definition) is 1. The molecule has 1 saturated carbocycles. The van der Waals surface area contributed by atoms with E-state index in [0.29, 0.717) is 0 Å². The van der Waals surface area contributed by atoms with Crippen LogP contribution in [0.1, 0.15) is 47.4 Å². The molecule has 3 nitrogen and oxygen atoms in total. The molecule has 0 saturated heterocycles. The first kappa shape index (κ1) is 13.3. The summed E-state index contributed by atoms with van der Waals surface area (Å²) in [5.74, 6) is 1.95. The lowest BCUT2D eigenvalue weighted by Gasteiger charge is -2.11. The van der Waals surface area contributed by atoms with E-state index in [9.17, 15) is 0 Å². The third-order valence-electron chi connectivity index (χ3n) is 4.73. The Bertz CT molecular complexity index is 723. The van der Waals surface area contributed by atoms with Gasteiger partial charge in [0.25, 0.3) is 0 Å². The van der Waals surface area contributed by atoms with Crippen molar-refractivity contribution < 1.29 is 0 Å². The molecule has 0 radical (unpaired) electrons. The van der Waals surface area contributed by atoms with Crippen LogP contribution in [0.4, 0.5) is 0 Å². The molecule has 1 aliphatic carbocycles. The topological polar surface area (TPSA) is 37.3 Å². The van der Waals surface area contributed by atoms with Gasteiger partial charge in [0.15, 0.2) is 0 Å². The summed E-state index contributed by atoms with van der Waals surface area (Å²) in [6.07, 6.45) is 5.55. The van der Waals surface area contributed by atoms with Gasteiger partial charge >= 0.3 is 0 Å². The molecule has 0 spiro atoms. The summed E-state index contributed by atoms with van der Waals surface area (Å²) in [6.45, 7) is 6.16. The summed E-state index contributed by atoms with van der Waals surface area (Å²) >= 11 is 1.80. The predicted octanol–water partition coefficient (Wildman–Crippen LogP) is 3.95. The van der Waals surface area contributed by atoms with E-state index in [-0.39, 0.29) is 0 Å². The van der Waals surface area contributed by atoms with Gasteiger partial charge in [-0.2, -0.15) is 0 Å². The highest BCUT2D eigenvalue weighted by Gasteiger charge is 2.24. The molecular formula is C17H21N3S. The van der Waals surface area contributed by atoms with Crippen LogP contribution in [0, 0.1) is 19.8 Å². The number of pyridine rings is 1. The first-order valence-corrected chi connectivity index (χ1v) is 8.72. The summed E-state index contributed by atoms with van der Waals surface area (Å²) in [4.78, 5) is 11.9. The monoisotopic (exact) mass is 299 g/mol. The number of rotatable bonds is 2. The molecule has 2 aromatic rings. The average molecular weight is 299 g/mol. The summed E-state index contributed by atoms with van der Waals surface area (Å²) in [5, 5.41) is 4.94. The van der Waals surface area contributed by atoms with E-state index in [2.05, 4.69) is 25.2 Å². The van der Waals surface area contributed by atoms with Gasteiger partial charge in [0.1, 0.15) is 10.7 Å². The maximum absolute atomic E-state index is 4.73. The lowest BCUT2D eigenvalue weighted by atomic mass is 10.1. The second-order valence-corrected chi connectivity index (χ2v) is 7.37. The molecular weight excluding hydrogens is 278 g/mol. The quantitative estimate of drug-likeness (QED) is 0.911. The van der Waals surface area contributed by atoms with Gasteiger partial charge in [-0.3, -0.25) is 4.99 Å². The van der Waals surface area contributed by atoms with Gasteiger partial charge in [-0.05, 0) is 44.2 Å². The Morgan fingerprint density at radius 2 is 2.10 bits per heavy atom. The second kappa shape index (κ2) is 5.09. The molecule has 4 heteroatoms. The standard InChI is InChI=1S/C17H21N3S/c1-10-7-11(2)20-17-14(10)13-9-19-16(15(13)21-17)18-8-12-5-3-4-6-12/h7,12H,3-6,8-9H2,1-2H3,(H,18,19). The van der Waals surface area contributed by atoms with Crippen LogP contribution in [0.3, 0.4) is 0 Å². The lowest BCUT2D eigenvalue weighted by molar-refractivity contribution is 0.536. The molecule has 110 valence electrons. The van der Waals surface area contributed by atoms with E-state index >= 15 is 0 Å². The van der Waals surface area contributed by atoms with Crippen LogP contribution in [0.5, 0.6) is 0 Å². The fourth-order valence-electron chi connectivity index (χ4n) is 3.68. The van der Waals surface area contributed by atoms with E-state index in [4.69, 9.17) is 9.98 Å². The highest BCUT2D eigenvalue weighted by molar-refractivity contribution is 7.20. The molecule has 1 fully saturated rings. The second-order valence-electron chi connectivity index (χ2n) is 6.37. The molecule has 1 N–H and O–H groups in total. The van der Waals surface area contributed by atoms with Gasteiger partial charge < -0.3 is 5.32 Å². The Kier molecular flexibility index (Phi) is 3.21. The molecule has 21 heavy (non-hydrogen) atoms. The Morgan fingerprint density at radius 1 is 1.29 bits per heavy atom. The number of nitrogens with zero attached hydrogens (tertiary/aromatic N) is 2. The molecule has 0 amide bonds. The van der Waals surface area contributed by atoms with Gasteiger partial charge in [0, 0.05) is 23.2 Å². The summed E-state index contributed by atoms with van der Waals surface area (Å²) in [6, 6.07) is 2.18. The SMILES string of the molecule is Cc1cc(C)c2c3c(sc2n1)C(NCC1CCCC1)=NC3. The first-order valence-electron chi connectivity index (χ1n) is 7.90. The minimum atomic E-state index is 0.813. The molecule has 1 aliphatic heterocycles. The maximum atomic E-state index is 4.73. The Morgan fingerprint density at radius 3 is 2.90 bits per heavy atom. The number of nitrogens with one attached hydrogen (secondary N) is 1. The van der Waals surface area contributed by atoms with Crippen LogP contribution in [-0.2, 0) is 6.54 Å². The third kappa shape index (κ3) is 2.26. The van der Waals surface area contributed by atoms with Crippen LogP contribution >= 0.6 is 11.3 Å². The smallest absolute Gasteiger partial charge is 0.139 e. The fraction of sp³-hybridized carbons (Fsp3) is 0.529. The molecule has 4 rings (SSSR count). The van der Waals surface area contributed by atoms with Crippen molar-refractivity contribution in [3.63, 3.8) is 0 Å². The van der Waals surface area contributed by atoms with Crippen LogP contribution in [0.15, 0.2) is 11.1 Å². The minimum Gasteiger partial charge on any atom is -0.369 e. The van der Waals surface area contributed by atoms with Crippen LogP contribution in [0.2, 0.25) is 0 Å². The third-order valence-corrected chi connectivity index (χ3v) is 5.86. The van der Waals surface area contributed by atoms with Crippen molar-refractivity contribution in [2.45, 2.75) is 46.1 Å². The van der Waals surface area contributed by atoms with Crippen molar-refractivity contribution >= 4 is 27.4 Å². The van der Waals surface area contributed by atoms with Gasteiger partial charge in [-0.15, -0.1) is 11.3 Å². The lowest BCUT2D eigenvalue weighted by Crippen LogP contribution is -2.27. The van der Waals surface area contributed by atoms with E-state index in [1.807, 2.05) is 0 Å². The molecule has 0 atom stereocenters. The largest absolute Gasteiger partial charge is 0.369 e. The normalized spacial score (nSPS) is 18.3. The van der Waals surface area contributed by atoms with Crippen molar-refractivity contribution in [3.05, 3.63) is 27.8 Å². The number of thiophene rings is 1. The van der Waals surface area contributed by atoms with E-state index in [1.165, 1.54) is 51.9 Å². The Hall–Kier alpha value is -1.42.